The number of carbonyl (C=O) groups excluding carboxylic acids is 1. The molecule has 0 fully saturated rings. The van der Waals surface area contributed by atoms with Gasteiger partial charge in [0.15, 0.2) is 11.6 Å². The molecule has 0 bridgehead atoms. The summed E-state index contributed by atoms with van der Waals surface area (Å²) in [5.41, 5.74) is 1.93. The van der Waals surface area contributed by atoms with Crippen molar-refractivity contribution in [3.05, 3.63) is 63.7 Å². The third-order valence-electron chi connectivity index (χ3n) is 3.37. The Kier molecular flexibility index (Phi) is 5.55. The van der Waals surface area contributed by atoms with Crippen LogP contribution in [0.1, 0.15) is 21.5 Å². The summed E-state index contributed by atoms with van der Waals surface area (Å²) in [5.74, 6) is -2.02. The van der Waals surface area contributed by atoms with Gasteiger partial charge in [0.1, 0.15) is 5.75 Å². The van der Waals surface area contributed by atoms with Crippen molar-refractivity contribution < 1.29 is 18.3 Å². The molecule has 0 spiro atoms. The Morgan fingerprint density at radius 3 is 2.61 bits per heavy atom. The molecule has 0 aliphatic carbocycles. The predicted octanol–water partition coefficient (Wildman–Crippen LogP) is 3.91. The van der Waals surface area contributed by atoms with Gasteiger partial charge in [-0.25, -0.2) is 8.78 Å². The van der Waals surface area contributed by atoms with Gasteiger partial charge in [0.2, 0.25) is 0 Å². The molecule has 0 saturated carbocycles. The molecule has 0 saturated heterocycles. The molecule has 2 aromatic carbocycles. The van der Waals surface area contributed by atoms with Crippen molar-refractivity contribution in [1.82, 2.24) is 5.32 Å². The average molecular weight is 340 g/mol. The highest BCUT2D eigenvalue weighted by Gasteiger charge is 2.15. The number of aryl methyl sites for hydroxylation is 1. The number of nitrogens with one attached hydrogen (secondary N) is 1. The fourth-order valence-corrected chi connectivity index (χ4v) is 2.44. The lowest BCUT2D eigenvalue weighted by Crippen LogP contribution is -2.26. The number of halogens is 3. The molecule has 0 radical (unpaired) electrons. The molecule has 0 heterocycles. The van der Waals surface area contributed by atoms with Gasteiger partial charge in [-0.15, -0.1) is 0 Å². The van der Waals surface area contributed by atoms with Crippen LogP contribution in [0.15, 0.2) is 30.3 Å². The molecule has 1 N–H and O–H groups in total. The van der Waals surface area contributed by atoms with Crippen molar-refractivity contribution in [2.75, 3.05) is 13.7 Å². The Hall–Kier alpha value is -2.14. The number of rotatable bonds is 5. The van der Waals surface area contributed by atoms with Crippen LogP contribution in [0.4, 0.5) is 8.78 Å². The van der Waals surface area contributed by atoms with Gasteiger partial charge in [-0.05, 0) is 37.1 Å². The predicted molar refractivity (Wildman–Crippen MR) is 85.1 cm³/mol. The van der Waals surface area contributed by atoms with E-state index in [1.165, 1.54) is 0 Å². The van der Waals surface area contributed by atoms with Crippen LogP contribution in [0.2, 0.25) is 5.02 Å². The van der Waals surface area contributed by atoms with Gasteiger partial charge < -0.3 is 10.1 Å². The first-order valence-electron chi connectivity index (χ1n) is 6.98. The van der Waals surface area contributed by atoms with E-state index in [4.69, 9.17) is 16.3 Å². The number of hydrogen-bond acceptors (Lipinski definition) is 2. The Morgan fingerprint density at radius 1 is 1.22 bits per heavy atom. The molecule has 0 aromatic heterocycles. The Balaban J connectivity index is 2.03. The van der Waals surface area contributed by atoms with Crippen molar-refractivity contribution in [1.29, 1.82) is 0 Å². The van der Waals surface area contributed by atoms with Crippen LogP contribution in [-0.4, -0.2) is 19.6 Å². The summed E-state index contributed by atoms with van der Waals surface area (Å²) in [5, 5.41) is 2.51. The van der Waals surface area contributed by atoms with E-state index < -0.39 is 17.5 Å². The van der Waals surface area contributed by atoms with E-state index in [0.29, 0.717) is 13.0 Å². The number of ether oxygens (including phenoxy) is 1. The van der Waals surface area contributed by atoms with E-state index in [-0.39, 0.29) is 10.6 Å². The maximum Gasteiger partial charge on any atom is 0.252 e. The first kappa shape index (κ1) is 17.2. The lowest BCUT2D eigenvalue weighted by Gasteiger charge is -2.11. The van der Waals surface area contributed by atoms with Gasteiger partial charge in [-0.2, -0.15) is 0 Å². The van der Waals surface area contributed by atoms with Gasteiger partial charge in [-0.1, -0.05) is 29.3 Å². The molecule has 2 rings (SSSR count). The highest BCUT2D eigenvalue weighted by atomic mass is 35.5. The van der Waals surface area contributed by atoms with Crippen molar-refractivity contribution in [3.8, 4) is 5.75 Å². The van der Waals surface area contributed by atoms with Gasteiger partial charge in [0, 0.05) is 6.54 Å². The van der Waals surface area contributed by atoms with Gasteiger partial charge in [0.25, 0.3) is 5.91 Å². The standard InChI is InChI=1S/C17H16ClF2NO2/c1-10-3-4-16(23-2)11(7-10)5-6-21-17(22)12-8-14(19)15(20)9-13(12)18/h3-4,7-9H,5-6H2,1-2H3,(H,21,22). The fraction of sp³-hybridized carbons (Fsp3) is 0.235. The fourth-order valence-electron chi connectivity index (χ4n) is 2.21. The molecule has 3 nitrogen and oxygen atoms in total. The molecular formula is C17H16ClF2NO2. The summed E-state index contributed by atoms with van der Waals surface area (Å²) >= 11 is 5.77. The second-order valence-electron chi connectivity index (χ2n) is 5.07. The number of methoxy groups -OCH3 is 1. The van der Waals surface area contributed by atoms with E-state index in [1.807, 2.05) is 25.1 Å². The largest absolute Gasteiger partial charge is 0.496 e. The van der Waals surface area contributed by atoms with Crippen molar-refractivity contribution in [2.45, 2.75) is 13.3 Å². The highest BCUT2D eigenvalue weighted by Crippen LogP contribution is 2.21. The Labute approximate surface area is 138 Å². The van der Waals surface area contributed by atoms with Crippen LogP contribution in [0, 0.1) is 18.6 Å². The van der Waals surface area contributed by atoms with Gasteiger partial charge in [0.05, 0.1) is 17.7 Å². The van der Waals surface area contributed by atoms with E-state index in [1.54, 1.807) is 7.11 Å². The first-order chi connectivity index (χ1) is 10.9. The maximum atomic E-state index is 13.2. The molecule has 6 heteroatoms. The third kappa shape index (κ3) is 4.20. The minimum atomic E-state index is -1.11. The minimum absolute atomic E-state index is 0.0956. The monoisotopic (exact) mass is 339 g/mol. The molecule has 0 aliphatic rings. The summed E-state index contributed by atoms with van der Waals surface area (Å²) < 4.78 is 31.5. The van der Waals surface area contributed by atoms with Crippen LogP contribution in [0.5, 0.6) is 5.75 Å². The molecule has 0 aliphatic heterocycles. The Morgan fingerprint density at radius 2 is 1.91 bits per heavy atom. The van der Waals surface area contributed by atoms with Crippen LogP contribution >= 0.6 is 11.6 Å². The van der Waals surface area contributed by atoms with Crippen LogP contribution in [0.3, 0.4) is 0 Å². The smallest absolute Gasteiger partial charge is 0.252 e. The average Bonchev–Trinajstić information content (AvgIpc) is 2.51. The summed E-state index contributed by atoms with van der Waals surface area (Å²) in [6.07, 6.45) is 0.540. The molecular weight excluding hydrogens is 324 g/mol. The van der Waals surface area contributed by atoms with Crippen LogP contribution in [0.25, 0.3) is 0 Å². The normalized spacial score (nSPS) is 10.5. The van der Waals surface area contributed by atoms with E-state index in [9.17, 15) is 13.6 Å². The molecule has 23 heavy (non-hydrogen) atoms. The second-order valence-corrected chi connectivity index (χ2v) is 5.47. The molecule has 0 atom stereocenters. The number of benzene rings is 2. The summed E-state index contributed by atoms with van der Waals surface area (Å²) in [6, 6.07) is 7.34. The number of hydrogen-bond donors (Lipinski definition) is 1. The maximum absolute atomic E-state index is 13.2. The van der Waals surface area contributed by atoms with E-state index in [0.717, 1.165) is 29.0 Å². The second kappa shape index (κ2) is 7.42. The molecule has 1 amide bonds. The minimum Gasteiger partial charge on any atom is -0.496 e. The lowest BCUT2D eigenvalue weighted by molar-refractivity contribution is 0.0953. The van der Waals surface area contributed by atoms with Crippen LogP contribution in [-0.2, 0) is 6.42 Å². The summed E-state index contributed by atoms with van der Waals surface area (Å²) in [6.45, 7) is 2.27. The highest BCUT2D eigenvalue weighted by molar-refractivity contribution is 6.33. The van der Waals surface area contributed by atoms with E-state index in [2.05, 4.69) is 5.32 Å². The number of carbonyl (C=O) groups is 1. The topological polar surface area (TPSA) is 38.3 Å². The van der Waals surface area contributed by atoms with Crippen molar-refractivity contribution >= 4 is 17.5 Å². The Bertz CT molecular complexity index is 735. The quantitative estimate of drug-likeness (QED) is 0.839. The SMILES string of the molecule is COc1ccc(C)cc1CCNC(=O)c1cc(F)c(F)cc1Cl. The third-order valence-corrected chi connectivity index (χ3v) is 3.68. The number of amides is 1. The van der Waals surface area contributed by atoms with Gasteiger partial charge >= 0.3 is 0 Å². The van der Waals surface area contributed by atoms with E-state index >= 15 is 0 Å². The zero-order chi connectivity index (χ0) is 17.0. The lowest BCUT2D eigenvalue weighted by atomic mass is 10.1. The van der Waals surface area contributed by atoms with Crippen LogP contribution < -0.4 is 10.1 Å². The first-order valence-corrected chi connectivity index (χ1v) is 7.36. The van der Waals surface area contributed by atoms with Crippen molar-refractivity contribution in [2.24, 2.45) is 0 Å². The van der Waals surface area contributed by atoms with Gasteiger partial charge in [-0.3, -0.25) is 4.79 Å². The molecule has 2 aromatic rings. The molecule has 122 valence electrons. The summed E-state index contributed by atoms with van der Waals surface area (Å²) in [4.78, 5) is 12.0. The summed E-state index contributed by atoms with van der Waals surface area (Å²) in [7, 11) is 1.58. The zero-order valence-corrected chi connectivity index (χ0v) is 13.5. The molecule has 0 unspecified atom stereocenters. The van der Waals surface area contributed by atoms with Crippen molar-refractivity contribution in [3.63, 3.8) is 0 Å². The zero-order valence-electron chi connectivity index (χ0n) is 12.8.